The van der Waals surface area contributed by atoms with E-state index < -0.39 is 36.3 Å². The van der Waals surface area contributed by atoms with Crippen molar-refractivity contribution in [1.29, 1.82) is 0 Å². The van der Waals surface area contributed by atoms with Gasteiger partial charge in [0.25, 0.3) is 17.7 Å². The van der Waals surface area contributed by atoms with Gasteiger partial charge in [0.15, 0.2) is 6.61 Å². The predicted molar refractivity (Wildman–Crippen MR) is 97.4 cm³/mol. The van der Waals surface area contributed by atoms with E-state index >= 15 is 0 Å². The van der Waals surface area contributed by atoms with E-state index in [4.69, 9.17) is 16.3 Å². The minimum absolute atomic E-state index is 0.237. The van der Waals surface area contributed by atoms with Crippen molar-refractivity contribution in [3.05, 3.63) is 64.7 Å². The number of carbonyl (C=O) groups is 4. The second kappa shape index (κ2) is 7.59. The molecule has 2 aromatic carbocycles. The van der Waals surface area contributed by atoms with Gasteiger partial charge in [-0.3, -0.25) is 19.3 Å². The molecule has 0 unspecified atom stereocenters. The molecule has 8 heteroatoms. The third-order valence-electron chi connectivity index (χ3n) is 4.01. The number of hydrogen-bond acceptors (Lipinski definition) is 5. The van der Waals surface area contributed by atoms with Gasteiger partial charge in [-0.2, -0.15) is 0 Å². The third-order valence-corrected chi connectivity index (χ3v) is 4.24. The Kier molecular flexibility index (Phi) is 5.23. The standard InChI is InChI=1S/C19H15ClN2O5/c1-11(22-17(24)14-7-2-3-8-15(14)18(22)25)19(26)27-10-16(23)21-13-6-4-5-12(20)9-13/h2-9,11H,10H2,1H3,(H,21,23)/t11-/m1/s1. The fraction of sp³-hybridized carbons (Fsp3) is 0.158. The lowest BCUT2D eigenvalue weighted by molar-refractivity contribution is -0.150. The zero-order chi connectivity index (χ0) is 19.6. The molecule has 0 bridgehead atoms. The molecule has 0 aromatic heterocycles. The third kappa shape index (κ3) is 3.83. The maximum atomic E-state index is 12.4. The van der Waals surface area contributed by atoms with Gasteiger partial charge in [0.2, 0.25) is 0 Å². The zero-order valence-electron chi connectivity index (χ0n) is 14.3. The molecule has 0 radical (unpaired) electrons. The van der Waals surface area contributed by atoms with Crippen molar-refractivity contribution in [2.45, 2.75) is 13.0 Å². The molecule has 0 saturated heterocycles. The van der Waals surface area contributed by atoms with Crippen LogP contribution in [0.15, 0.2) is 48.5 Å². The number of imide groups is 1. The molecular formula is C19H15ClN2O5. The number of carbonyl (C=O) groups excluding carboxylic acids is 4. The van der Waals surface area contributed by atoms with Crippen LogP contribution in [-0.4, -0.2) is 41.2 Å². The van der Waals surface area contributed by atoms with Crippen LogP contribution in [0.3, 0.4) is 0 Å². The number of esters is 1. The van der Waals surface area contributed by atoms with Crippen LogP contribution in [0.5, 0.6) is 0 Å². The molecule has 27 heavy (non-hydrogen) atoms. The summed E-state index contributed by atoms with van der Waals surface area (Å²) in [4.78, 5) is 49.7. The molecule has 1 aliphatic heterocycles. The highest BCUT2D eigenvalue weighted by atomic mass is 35.5. The number of hydrogen-bond donors (Lipinski definition) is 1. The van der Waals surface area contributed by atoms with Gasteiger partial charge in [-0.05, 0) is 37.3 Å². The van der Waals surface area contributed by atoms with Gasteiger partial charge in [-0.15, -0.1) is 0 Å². The summed E-state index contributed by atoms with van der Waals surface area (Å²) >= 11 is 5.83. The van der Waals surface area contributed by atoms with Crippen molar-refractivity contribution >= 4 is 41.0 Å². The molecule has 1 N–H and O–H groups in total. The number of halogens is 1. The second-order valence-electron chi connectivity index (χ2n) is 5.87. The zero-order valence-corrected chi connectivity index (χ0v) is 15.0. The Balaban J connectivity index is 1.59. The molecule has 0 spiro atoms. The maximum absolute atomic E-state index is 12.4. The van der Waals surface area contributed by atoms with Crippen molar-refractivity contribution < 1.29 is 23.9 Å². The number of anilines is 1. The Hall–Kier alpha value is -3.19. The molecule has 3 amide bonds. The monoisotopic (exact) mass is 386 g/mol. The van der Waals surface area contributed by atoms with Crippen LogP contribution in [0, 0.1) is 0 Å². The highest BCUT2D eigenvalue weighted by molar-refractivity contribution is 6.30. The molecule has 1 heterocycles. The topological polar surface area (TPSA) is 92.8 Å². The Morgan fingerprint density at radius 3 is 2.30 bits per heavy atom. The van der Waals surface area contributed by atoms with E-state index in [9.17, 15) is 19.2 Å². The molecule has 3 rings (SSSR count). The molecule has 7 nitrogen and oxygen atoms in total. The summed E-state index contributed by atoms with van der Waals surface area (Å²) in [6.07, 6.45) is 0. The molecule has 0 saturated carbocycles. The number of amides is 3. The van der Waals surface area contributed by atoms with Crippen molar-refractivity contribution in [3.63, 3.8) is 0 Å². The molecule has 0 fully saturated rings. The van der Waals surface area contributed by atoms with Crippen LogP contribution in [0.25, 0.3) is 0 Å². The first kappa shape index (κ1) is 18.6. The Morgan fingerprint density at radius 1 is 1.07 bits per heavy atom. The number of fused-ring (bicyclic) bond motifs is 1. The summed E-state index contributed by atoms with van der Waals surface area (Å²) in [7, 11) is 0. The van der Waals surface area contributed by atoms with Crippen molar-refractivity contribution in [2.24, 2.45) is 0 Å². The van der Waals surface area contributed by atoms with Gasteiger partial charge >= 0.3 is 5.97 Å². The Bertz CT molecular complexity index is 908. The minimum Gasteiger partial charge on any atom is -0.454 e. The number of ether oxygens (including phenoxy) is 1. The van der Waals surface area contributed by atoms with Gasteiger partial charge in [-0.1, -0.05) is 29.8 Å². The Morgan fingerprint density at radius 2 is 1.70 bits per heavy atom. The van der Waals surface area contributed by atoms with E-state index in [1.54, 1.807) is 36.4 Å². The summed E-state index contributed by atoms with van der Waals surface area (Å²) < 4.78 is 4.95. The SMILES string of the molecule is C[C@H](C(=O)OCC(=O)Nc1cccc(Cl)c1)N1C(=O)c2ccccc2C1=O. The van der Waals surface area contributed by atoms with Gasteiger partial charge in [0.05, 0.1) is 11.1 Å². The number of nitrogens with zero attached hydrogens (tertiary/aromatic N) is 1. The van der Waals surface area contributed by atoms with Crippen LogP contribution in [-0.2, 0) is 14.3 Å². The van der Waals surface area contributed by atoms with Gasteiger partial charge < -0.3 is 10.1 Å². The average Bonchev–Trinajstić information content (AvgIpc) is 2.90. The quantitative estimate of drug-likeness (QED) is 0.629. The summed E-state index contributed by atoms with van der Waals surface area (Å²) in [5, 5.41) is 2.98. The average molecular weight is 387 g/mol. The molecule has 138 valence electrons. The smallest absolute Gasteiger partial charge is 0.329 e. The first-order valence-corrected chi connectivity index (χ1v) is 8.45. The van der Waals surface area contributed by atoms with E-state index in [2.05, 4.69) is 5.32 Å². The maximum Gasteiger partial charge on any atom is 0.329 e. The molecule has 2 aromatic rings. The Labute approximate surface area is 159 Å². The van der Waals surface area contributed by atoms with Gasteiger partial charge in [0, 0.05) is 10.7 Å². The van der Waals surface area contributed by atoms with Crippen LogP contribution in [0.1, 0.15) is 27.6 Å². The predicted octanol–water partition coefficient (Wildman–Crippen LogP) is 2.51. The number of nitrogens with one attached hydrogen (secondary N) is 1. The van der Waals surface area contributed by atoms with Crippen molar-refractivity contribution in [2.75, 3.05) is 11.9 Å². The fourth-order valence-electron chi connectivity index (χ4n) is 2.69. The van der Waals surface area contributed by atoms with Gasteiger partial charge in [-0.25, -0.2) is 4.79 Å². The lowest BCUT2D eigenvalue weighted by Crippen LogP contribution is -2.44. The first-order chi connectivity index (χ1) is 12.9. The highest BCUT2D eigenvalue weighted by Gasteiger charge is 2.41. The molecule has 1 aliphatic rings. The van der Waals surface area contributed by atoms with E-state index in [0.717, 1.165) is 4.90 Å². The first-order valence-electron chi connectivity index (χ1n) is 8.07. The summed E-state index contributed by atoms with van der Waals surface area (Å²) in [6, 6.07) is 11.6. The van der Waals surface area contributed by atoms with Gasteiger partial charge in [0.1, 0.15) is 6.04 Å². The van der Waals surface area contributed by atoms with E-state index in [1.807, 2.05) is 0 Å². The lowest BCUT2D eigenvalue weighted by atomic mass is 10.1. The van der Waals surface area contributed by atoms with E-state index in [-0.39, 0.29) is 11.1 Å². The number of rotatable bonds is 5. The molecular weight excluding hydrogens is 372 g/mol. The largest absolute Gasteiger partial charge is 0.454 e. The lowest BCUT2D eigenvalue weighted by Gasteiger charge is -2.20. The molecule has 0 aliphatic carbocycles. The second-order valence-corrected chi connectivity index (χ2v) is 6.30. The number of benzene rings is 2. The normalized spacial score (nSPS) is 13.9. The molecule has 1 atom stereocenters. The van der Waals surface area contributed by atoms with Crippen LogP contribution in [0.2, 0.25) is 5.02 Å². The van der Waals surface area contributed by atoms with Crippen molar-refractivity contribution in [3.8, 4) is 0 Å². The summed E-state index contributed by atoms with van der Waals surface area (Å²) in [6.45, 7) is 0.817. The van der Waals surface area contributed by atoms with Crippen LogP contribution in [0.4, 0.5) is 5.69 Å². The fourth-order valence-corrected chi connectivity index (χ4v) is 2.88. The summed E-state index contributed by atoms with van der Waals surface area (Å²) in [5.41, 5.74) is 0.929. The van der Waals surface area contributed by atoms with E-state index in [1.165, 1.54) is 19.1 Å². The van der Waals surface area contributed by atoms with Crippen LogP contribution >= 0.6 is 11.6 Å². The minimum atomic E-state index is -1.16. The van der Waals surface area contributed by atoms with Crippen molar-refractivity contribution in [1.82, 2.24) is 4.90 Å². The summed E-state index contributed by atoms with van der Waals surface area (Å²) in [5.74, 6) is -2.56. The van der Waals surface area contributed by atoms with E-state index in [0.29, 0.717) is 10.7 Å². The highest BCUT2D eigenvalue weighted by Crippen LogP contribution is 2.24. The van der Waals surface area contributed by atoms with Crippen LogP contribution < -0.4 is 5.32 Å².